The number of rotatable bonds is 1. The molecule has 4 nitrogen and oxygen atoms in total. The summed E-state index contributed by atoms with van der Waals surface area (Å²) in [5, 5.41) is 8.96. The van der Waals surface area contributed by atoms with E-state index < -0.39 is 5.97 Å². The summed E-state index contributed by atoms with van der Waals surface area (Å²) in [6.45, 7) is 1.80. The number of carboxylic acid groups (broad SMARTS) is 1. The Balaban J connectivity index is -0.000000353. The second-order valence-corrected chi connectivity index (χ2v) is 4.27. The van der Waals surface area contributed by atoms with Crippen LogP contribution in [-0.4, -0.2) is 34.6 Å². The van der Waals surface area contributed by atoms with Gasteiger partial charge in [0.15, 0.2) is 0 Å². The summed E-state index contributed by atoms with van der Waals surface area (Å²) in [5.74, 6) is -0.915. The molecule has 1 aliphatic rings. The third kappa shape index (κ3) is 9.12. The van der Waals surface area contributed by atoms with E-state index in [1.807, 2.05) is 7.05 Å². The zero-order chi connectivity index (χ0) is 17.4. The van der Waals surface area contributed by atoms with Crippen molar-refractivity contribution in [1.82, 2.24) is 9.88 Å². The molecule has 0 aliphatic carbocycles. The van der Waals surface area contributed by atoms with Crippen LogP contribution in [0.3, 0.4) is 0 Å². The van der Waals surface area contributed by atoms with E-state index in [9.17, 15) is 4.79 Å². The minimum absolute atomic E-state index is 0.223. The van der Waals surface area contributed by atoms with Crippen molar-refractivity contribution in [3.05, 3.63) is 15.6 Å². The molecule has 0 spiro atoms. The van der Waals surface area contributed by atoms with Crippen molar-refractivity contribution in [3.8, 4) is 0 Å². The van der Waals surface area contributed by atoms with Crippen LogP contribution >= 0.6 is 11.3 Å². The SMILES string of the molecule is CN1CCc2nc(C(=O)O)sc2C1.FF.FF.FF.FF. The van der Waals surface area contributed by atoms with Crippen molar-refractivity contribution in [2.75, 3.05) is 13.6 Å². The summed E-state index contributed by atoms with van der Waals surface area (Å²) in [7, 11) is 2.03. The zero-order valence-corrected chi connectivity index (χ0v) is 11.1. The maximum Gasteiger partial charge on any atom is 0.365 e. The second-order valence-electron chi connectivity index (χ2n) is 3.18. The van der Waals surface area contributed by atoms with Gasteiger partial charge in [0, 0.05) is 61.0 Å². The maximum atomic E-state index is 10.6. The predicted octanol–water partition coefficient (Wildman–Crippen LogP) is 4.19. The number of aromatic nitrogens is 1. The van der Waals surface area contributed by atoms with Crippen LogP contribution in [0, 0.1) is 0 Å². The first kappa shape index (κ1) is 24.5. The molecule has 0 radical (unpaired) electrons. The van der Waals surface area contributed by atoms with Crippen molar-refractivity contribution in [2.24, 2.45) is 0 Å². The van der Waals surface area contributed by atoms with Crippen LogP contribution in [0.4, 0.5) is 36.6 Å². The first-order valence-electron chi connectivity index (χ1n) is 4.64. The van der Waals surface area contributed by atoms with Gasteiger partial charge in [-0.2, -0.15) is 0 Å². The highest BCUT2D eigenvalue weighted by atomic mass is 32.1. The van der Waals surface area contributed by atoms with Crippen molar-refractivity contribution in [3.63, 3.8) is 0 Å². The third-order valence-electron chi connectivity index (χ3n) is 2.11. The van der Waals surface area contributed by atoms with E-state index in [0.29, 0.717) is 0 Å². The Labute approximate surface area is 117 Å². The van der Waals surface area contributed by atoms with Gasteiger partial charge in [0.2, 0.25) is 5.01 Å². The molecule has 0 atom stereocenters. The average molecular weight is 350 g/mol. The van der Waals surface area contributed by atoms with E-state index in [2.05, 4.69) is 9.88 Å². The highest BCUT2D eigenvalue weighted by Crippen LogP contribution is 2.24. The van der Waals surface area contributed by atoms with E-state index >= 15 is 0 Å². The Morgan fingerprint density at radius 3 is 2.05 bits per heavy atom. The van der Waals surface area contributed by atoms with Gasteiger partial charge in [-0.05, 0) is 7.05 Å². The van der Waals surface area contributed by atoms with Gasteiger partial charge in [-0.15, -0.1) is 11.3 Å². The molecule has 1 aromatic rings. The molecule has 13 heteroatoms. The summed E-state index contributed by atoms with van der Waals surface area (Å²) in [4.78, 5) is 18.0. The fourth-order valence-corrected chi connectivity index (χ4v) is 2.44. The number of halogens is 8. The van der Waals surface area contributed by atoms with Gasteiger partial charge < -0.3 is 10.0 Å². The maximum absolute atomic E-state index is 10.6. The summed E-state index contributed by atoms with van der Waals surface area (Å²) < 4.78 is 64.0. The average Bonchev–Trinajstić information content (AvgIpc) is 2.98. The number of likely N-dealkylation sites (N-methyl/N-ethyl adjacent to an activating group) is 1. The van der Waals surface area contributed by atoms with E-state index in [0.717, 1.165) is 30.1 Å². The lowest BCUT2D eigenvalue weighted by Gasteiger charge is -2.20. The molecule has 0 bridgehead atoms. The van der Waals surface area contributed by atoms with Crippen molar-refractivity contribution >= 4 is 17.3 Å². The molecular formula is C8H10F8N2O2S. The number of fused-ring (bicyclic) bond motifs is 1. The van der Waals surface area contributed by atoms with Crippen LogP contribution in [0.2, 0.25) is 0 Å². The first-order chi connectivity index (χ1) is 10.2. The molecule has 0 amide bonds. The largest absolute Gasteiger partial charge is 0.476 e. The Morgan fingerprint density at radius 2 is 1.62 bits per heavy atom. The van der Waals surface area contributed by atoms with Crippen LogP contribution in [0.5, 0.6) is 0 Å². The van der Waals surface area contributed by atoms with Gasteiger partial charge in [0.25, 0.3) is 0 Å². The van der Waals surface area contributed by atoms with Crippen LogP contribution in [0.15, 0.2) is 0 Å². The summed E-state index contributed by atoms with van der Waals surface area (Å²) >= 11 is 1.29. The van der Waals surface area contributed by atoms with E-state index in [-0.39, 0.29) is 5.01 Å². The second kappa shape index (κ2) is 16.6. The third-order valence-corrected chi connectivity index (χ3v) is 3.18. The Morgan fingerprint density at radius 1 is 1.14 bits per heavy atom. The number of hydrogen-bond acceptors (Lipinski definition) is 4. The first-order valence-corrected chi connectivity index (χ1v) is 5.46. The monoisotopic (exact) mass is 350 g/mol. The molecule has 126 valence electrons. The van der Waals surface area contributed by atoms with Crippen molar-refractivity contribution in [1.29, 1.82) is 0 Å². The molecule has 2 heterocycles. The normalized spacial score (nSPS) is 11.7. The smallest absolute Gasteiger partial charge is 0.365 e. The predicted molar refractivity (Wildman–Crippen MR) is 58.0 cm³/mol. The van der Waals surface area contributed by atoms with E-state index in [4.69, 9.17) is 41.7 Å². The molecule has 21 heavy (non-hydrogen) atoms. The molecule has 0 unspecified atom stereocenters. The minimum atomic E-state index is -0.915. The molecule has 0 fully saturated rings. The summed E-state index contributed by atoms with van der Waals surface area (Å²) in [5.41, 5.74) is 0.973. The van der Waals surface area contributed by atoms with Gasteiger partial charge in [-0.1, -0.05) is 0 Å². The standard InChI is InChI=1S/C8H10N2O2S.4F2/c1-10-3-2-5-6(4-10)13-7(9-5)8(11)12;4*1-2/h2-4H2,1H3,(H,11,12);;;;. The number of hydrogen-bond donors (Lipinski definition) is 1. The fraction of sp³-hybridized carbons (Fsp3) is 0.500. The van der Waals surface area contributed by atoms with Crippen molar-refractivity contribution < 1.29 is 46.5 Å². The van der Waals surface area contributed by atoms with Gasteiger partial charge in [0.1, 0.15) is 0 Å². The van der Waals surface area contributed by atoms with Crippen LogP contribution in [0.25, 0.3) is 0 Å². The number of nitrogens with zero attached hydrogens (tertiary/aromatic N) is 2. The number of thiazole rings is 1. The molecule has 0 aromatic carbocycles. The topological polar surface area (TPSA) is 53.4 Å². The lowest BCUT2D eigenvalue weighted by atomic mass is 10.2. The summed E-state index contributed by atoms with van der Waals surface area (Å²) in [6.07, 6.45) is 0.871. The zero-order valence-electron chi connectivity index (χ0n) is 10.3. The van der Waals surface area contributed by atoms with Crippen LogP contribution in [-0.2, 0) is 13.0 Å². The number of carbonyl (C=O) groups is 1. The number of carboxylic acids is 1. The quantitative estimate of drug-likeness (QED) is 0.772. The van der Waals surface area contributed by atoms with Gasteiger partial charge in [0.05, 0.1) is 5.69 Å². The molecule has 1 N–H and O–H groups in total. The van der Waals surface area contributed by atoms with E-state index in [1.54, 1.807) is 0 Å². The Kier molecular flexibility index (Phi) is 19.3. The minimum Gasteiger partial charge on any atom is -0.476 e. The lowest BCUT2D eigenvalue weighted by Crippen LogP contribution is -2.25. The van der Waals surface area contributed by atoms with E-state index in [1.165, 1.54) is 11.3 Å². The molecule has 0 saturated carbocycles. The van der Waals surface area contributed by atoms with Gasteiger partial charge in [-0.3, -0.25) is 0 Å². The molecular weight excluding hydrogens is 340 g/mol. The molecule has 2 rings (SSSR count). The summed E-state index contributed by atoms with van der Waals surface area (Å²) in [6, 6.07) is 0. The van der Waals surface area contributed by atoms with Crippen LogP contribution < -0.4 is 0 Å². The fourth-order valence-electron chi connectivity index (χ4n) is 1.41. The molecule has 0 saturated heterocycles. The highest BCUT2D eigenvalue weighted by molar-refractivity contribution is 7.13. The number of aromatic carboxylic acids is 1. The van der Waals surface area contributed by atoms with Crippen LogP contribution in [0.1, 0.15) is 20.4 Å². The Bertz CT molecular complexity index is 368. The molecule has 1 aliphatic heterocycles. The highest BCUT2D eigenvalue weighted by Gasteiger charge is 2.20. The molecule has 1 aromatic heterocycles. The van der Waals surface area contributed by atoms with Gasteiger partial charge >= 0.3 is 5.97 Å². The van der Waals surface area contributed by atoms with Crippen molar-refractivity contribution in [2.45, 2.75) is 13.0 Å². The lowest BCUT2D eigenvalue weighted by molar-refractivity contribution is 0.0696. The van der Waals surface area contributed by atoms with Gasteiger partial charge in [-0.25, -0.2) is 9.78 Å². The Hall–Kier alpha value is -1.50.